The van der Waals surface area contributed by atoms with E-state index in [1.54, 1.807) is 24.3 Å². The first-order valence-electron chi connectivity index (χ1n) is 9.25. The van der Waals surface area contributed by atoms with Crippen LogP contribution in [0.3, 0.4) is 0 Å². The van der Waals surface area contributed by atoms with Crippen LogP contribution in [0.2, 0.25) is 0 Å². The molecule has 0 N–H and O–H groups in total. The van der Waals surface area contributed by atoms with Crippen molar-refractivity contribution in [1.29, 1.82) is 0 Å². The third-order valence-electron chi connectivity index (χ3n) is 5.29. The molecular formula is C22H19ClF2N2O. The average Bonchev–Trinajstić information content (AvgIpc) is 3.10. The van der Waals surface area contributed by atoms with Crippen LogP contribution in [0.4, 0.5) is 8.78 Å². The summed E-state index contributed by atoms with van der Waals surface area (Å²) in [6.45, 7) is 0. The second-order valence-electron chi connectivity index (χ2n) is 7.07. The van der Waals surface area contributed by atoms with E-state index in [2.05, 4.69) is 5.10 Å². The molecule has 0 bridgehead atoms. The van der Waals surface area contributed by atoms with Crippen LogP contribution in [0.1, 0.15) is 36.4 Å². The van der Waals surface area contributed by atoms with E-state index in [-0.39, 0.29) is 35.4 Å². The minimum Gasteiger partial charge on any atom is -0.272 e. The van der Waals surface area contributed by atoms with Crippen LogP contribution in [0, 0.1) is 17.6 Å². The van der Waals surface area contributed by atoms with Gasteiger partial charge < -0.3 is 0 Å². The Labute approximate surface area is 167 Å². The smallest absolute Gasteiger partial charge is 0.258 e. The van der Waals surface area contributed by atoms with Gasteiger partial charge >= 0.3 is 0 Å². The van der Waals surface area contributed by atoms with Crippen molar-refractivity contribution in [2.75, 3.05) is 5.88 Å². The lowest BCUT2D eigenvalue weighted by Crippen LogP contribution is -2.32. The lowest BCUT2D eigenvalue weighted by atomic mass is 9.77. The molecule has 2 aromatic carbocycles. The summed E-state index contributed by atoms with van der Waals surface area (Å²) in [6, 6.07) is 12.2. The molecule has 0 unspecified atom stereocenters. The van der Waals surface area contributed by atoms with Crippen molar-refractivity contribution < 1.29 is 13.6 Å². The second kappa shape index (κ2) is 7.84. The number of halogens is 3. The number of rotatable bonds is 3. The molecule has 1 aliphatic carbocycles. The minimum atomic E-state index is -0.321. The lowest BCUT2D eigenvalue weighted by Gasteiger charge is -2.29. The van der Waals surface area contributed by atoms with E-state index in [4.69, 9.17) is 11.6 Å². The number of hydrogen-bond donors (Lipinski definition) is 0. The van der Waals surface area contributed by atoms with Crippen molar-refractivity contribution in [2.24, 2.45) is 11.0 Å². The zero-order valence-corrected chi connectivity index (χ0v) is 15.9. The largest absolute Gasteiger partial charge is 0.272 e. The molecule has 0 spiro atoms. The minimum absolute atomic E-state index is 0.0260. The molecule has 1 aliphatic heterocycles. The highest BCUT2D eigenvalue weighted by molar-refractivity contribution is 6.27. The first kappa shape index (κ1) is 18.8. The van der Waals surface area contributed by atoms with Gasteiger partial charge in [0.1, 0.15) is 17.5 Å². The molecule has 6 heteroatoms. The molecule has 2 atom stereocenters. The van der Waals surface area contributed by atoms with Gasteiger partial charge in [-0.1, -0.05) is 24.3 Å². The SMILES string of the molecule is O=C(CCl)N1N=C2/C(=C/c3ccc(F)cc3)CCC[C@@H]2[C@H]1c1ccc(F)cc1. The van der Waals surface area contributed by atoms with Crippen LogP contribution >= 0.6 is 11.6 Å². The van der Waals surface area contributed by atoms with E-state index < -0.39 is 0 Å². The number of amides is 1. The molecule has 0 aromatic heterocycles. The summed E-state index contributed by atoms with van der Waals surface area (Å²) in [5, 5.41) is 6.08. The standard InChI is InChI=1S/C22H19ClF2N2O/c23-13-20(28)27-22(15-6-10-18(25)11-7-15)19-3-1-2-16(21(19)26-27)12-14-4-8-17(24)9-5-14/h4-12,19,22H,1-3,13H2/b16-12+/t19-,22+/m0/s1. The number of carbonyl (C=O) groups excluding carboxylic acids is 1. The van der Waals surface area contributed by atoms with Gasteiger partial charge in [0.25, 0.3) is 5.91 Å². The monoisotopic (exact) mass is 400 g/mol. The number of hydrazone groups is 1. The molecule has 28 heavy (non-hydrogen) atoms. The summed E-state index contributed by atoms with van der Waals surface area (Å²) in [4.78, 5) is 12.5. The van der Waals surface area contributed by atoms with Crippen LogP contribution in [0.25, 0.3) is 6.08 Å². The number of carbonyl (C=O) groups is 1. The highest BCUT2D eigenvalue weighted by atomic mass is 35.5. The number of alkyl halides is 1. The molecule has 2 aromatic rings. The maximum atomic E-state index is 13.4. The Morgan fingerprint density at radius 1 is 1.11 bits per heavy atom. The Hall–Kier alpha value is -2.53. The summed E-state index contributed by atoms with van der Waals surface area (Å²) in [5.41, 5.74) is 3.63. The maximum Gasteiger partial charge on any atom is 0.258 e. The quantitative estimate of drug-likeness (QED) is 0.641. The van der Waals surface area contributed by atoms with Gasteiger partial charge in [0.05, 0.1) is 11.8 Å². The number of allylic oxidation sites excluding steroid dienone is 1. The average molecular weight is 401 g/mol. The number of hydrogen-bond acceptors (Lipinski definition) is 2. The van der Waals surface area contributed by atoms with Gasteiger partial charge in [-0.05, 0) is 66.3 Å². The molecule has 4 rings (SSSR count). The zero-order chi connectivity index (χ0) is 19.7. The van der Waals surface area contributed by atoms with Crippen molar-refractivity contribution >= 4 is 29.3 Å². The van der Waals surface area contributed by atoms with Gasteiger partial charge in [-0.25, -0.2) is 13.8 Å². The fraction of sp³-hybridized carbons (Fsp3) is 0.273. The second-order valence-corrected chi connectivity index (χ2v) is 7.34. The predicted molar refractivity (Wildman–Crippen MR) is 106 cm³/mol. The van der Waals surface area contributed by atoms with Crippen LogP contribution in [-0.4, -0.2) is 22.5 Å². The van der Waals surface area contributed by atoms with Gasteiger partial charge in [0, 0.05) is 5.92 Å². The molecular weight excluding hydrogens is 382 g/mol. The fourth-order valence-electron chi connectivity index (χ4n) is 4.02. The molecule has 1 amide bonds. The molecule has 3 nitrogen and oxygen atoms in total. The summed E-state index contributed by atoms with van der Waals surface area (Å²) in [6.07, 6.45) is 4.68. The first-order valence-corrected chi connectivity index (χ1v) is 9.79. The molecule has 2 aliphatic rings. The number of nitrogens with zero attached hydrogens (tertiary/aromatic N) is 2. The predicted octanol–water partition coefficient (Wildman–Crippen LogP) is 5.33. The summed E-state index contributed by atoms with van der Waals surface area (Å²) in [5.74, 6) is -1.02. The van der Waals surface area contributed by atoms with E-state index in [1.807, 2.05) is 6.08 Å². The van der Waals surface area contributed by atoms with Gasteiger partial charge in [-0.2, -0.15) is 5.10 Å². The highest BCUT2D eigenvalue weighted by Gasteiger charge is 2.43. The van der Waals surface area contributed by atoms with Gasteiger partial charge in [-0.15, -0.1) is 11.6 Å². The topological polar surface area (TPSA) is 32.7 Å². The number of fused-ring (bicyclic) bond motifs is 1. The summed E-state index contributed by atoms with van der Waals surface area (Å²) < 4.78 is 26.6. The van der Waals surface area contributed by atoms with Crippen molar-refractivity contribution in [3.8, 4) is 0 Å². The van der Waals surface area contributed by atoms with E-state index in [0.717, 1.165) is 41.7 Å². The van der Waals surface area contributed by atoms with E-state index in [9.17, 15) is 13.6 Å². The Balaban J connectivity index is 1.73. The van der Waals surface area contributed by atoms with Crippen LogP contribution in [-0.2, 0) is 4.79 Å². The molecule has 1 fully saturated rings. The third kappa shape index (κ3) is 3.59. The van der Waals surface area contributed by atoms with E-state index in [1.165, 1.54) is 29.3 Å². The van der Waals surface area contributed by atoms with Crippen molar-refractivity contribution in [3.05, 3.63) is 76.9 Å². The first-order chi connectivity index (χ1) is 13.6. The highest BCUT2D eigenvalue weighted by Crippen LogP contribution is 2.44. The van der Waals surface area contributed by atoms with E-state index in [0.29, 0.717) is 0 Å². The van der Waals surface area contributed by atoms with Gasteiger partial charge in [0.2, 0.25) is 0 Å². The van der Waals surface area contributed by atoms with Crippen molar-refractivity contribution in [3.63, 3.8) is 0 Å². The molecule has 0 radical (unpaired) electrons. The lowest BCUT2D eigenvalue weighted by molar-refractivity contribution is -0.130. The molecule has 0 saturated heterocycles. The fourth-order valence-corrected chi connectivity index (χ4v) is 4.14. The number of benzene rings is 2. The summed E-state index contributed by atoms with van der Waals surface area (Å²) in [7, 11) is 0. The zero-order valence-electron chi connectivity index (χ0n) is 15.1. The van der Waals surface area contributed by atoms with Crippen molar-refractivity contribution in [1.82, 2.24) is 5.01 Å². The molecule has 1 saturated carbocycles. The van der Waals surface area contributed by atoms with Crippen LogP contribution < -0.4 is 0 Å². The summed E-state index contributed by atoms with van der Waals surface area (Å²) >= 11 is 5.82. The van der Waals surface area contributed by atoms with E-state index >= 15 is 0 Å². The third-order valence-corrected chi connectivity index (χ3v) is 5.52. The molecule has 1 heterocycles. The van der Waals surface area contributed by atoms with Crippen molar-refractivity contribution in [2.45, 2.75) is 25.3 Å². The Kier molecular flexibility index (Phi) is 5.27. The molecule has 144 valence electrons. The normalized spacial score (nSPS) is 22.9. The Bertz CT molecular complexity index is 938. The Morgan fingerprint density at radius 2 is 1.75 bits per heavy atom. The van der Waals surface area contributed by atoms with Crippen LogP contribution in [0.15, 0.2) is 59.2 Å². The van der Waals surface area contributed by atoms with Gasteiger partial charge in [-0.3, -0.25) is 4.79 Å². The van der Waals surface area contributed by atoms with Gasteiger partial charge in [0.15, 0.2) is 0 Å². The van der Waals surface area contributed by atoms with Crippen LogP contribution in [0.5, 0.6) is 0 Å². The maximum absolute atomic E-state index is 13.4. The Morgan fingerprint density at radius 3 is 2.39 bits per heavy atom.